The van der Waals surface area contributed by atoms with Gasteiger partial charge in [0.25, 0.3) is 0 Å². The molecule has 0 spiro atoms. The van der Waals surface area contributed by atoms with Gasteiger partial charge in [-0.1, -0.05) is 48.9 Å². The van der Waals surface area contributed by atoms with Crippen LogP contribution in [0, 0.1) is 0 Å². The van der Waals surface area contributed by atoms with Crippen LogP contribution in [0.15, 0.2) is 54.6 Å². The van der Waals surface area contributed by atoms with Gasteiger partial charge in [0, 0.05) is 12.6 Å². The van der Waals surface area contributed by atoms with E-state index in [2.05, 4.69) is 41.5 Å². The second-order valence-electron chi connectivity index (χ2n) is 7.21. The first-order chi connectivity index (χ1) is 12.4. The number of fused-ring (bicyclic) bond motifs is 1. The molecule has 0 aliphatic carbocycles. The van der Waals surface area contributed by atoms with E-state index in [1.54, 1.807) is 0 Å². The highest BCUT2D eigenvalue weighted by molar-refractivity contribution is 5.28. The van der Waals surface area contributed by atoms with Gasteiger partial charge >= 0.3 is 0 Å². The molecular formula is C22H27NO2. The predicted molar refractivity (Wildman–Crippen MR) is 99.4 cm³/mol. The van der Waals surface area contributed by atoms with Crippen LogP contribution < -0.4 is 4.74 Å². The summed E-state index contributed by atoms with van der Waals surface area (Å²) >= 11 is 0. The van der Waals surface area contributed by atoms with Gasteiger partial charge in [-0.15, -0.1) is 0 Å². The van der Waals surface area contributed by atoms with Crippen molar-refractivity contribution >= 4 is 0 Å². The van der Waals surface area contributed by atoms with Crippen LogP contribution in [0.2, 0.25) is 0 Å². The average Bonchev–Trinajstić information content (AvgIpc) is 3.09. The largest absolute Gasteiger partial charge is 0.489 e. The number of hydrogen-bond donors (Lipinski definition) is 0. The van der Waals surface area contributed by atoms with Crippen molar-refractivity contribution in [3.05, 3.63) is 65.7 Å². The Morgan fingerprint density at radius 1 is 0.960 bits per heavy atom. The minimum Gasteiger partial charge on any atom is -0.489 e. The summed E-state index contributed by atoms with van der Waals surface area (Å²) in [6.45, 7) is 1.74. The van der Waals surface area contributed by atoms with Crippen molar-refractivity contribution in [3.8, 4) is 5.75 Å². The average molecular weight is 337 g/mol. The second-order valence-corrected chi connectivity index (χ2v) is 7.21. The Balaban J connectivity index is 1.23. The van der Waals surface area contributed by atoms with Crippen molar-refractivity contribution in [1.29, 1.82) is 0 Å². The molecule has 132 valence electrons. The van der Waals surface area contributed by atoms with Gasteiger partial charge in [0.05, 0.1) is 6.10 Å². The number of hydroxylamine groups is 2. The molecule has 2 fully saturated rings. The maximum absolute atomic E-state index is 6.11. The van der Waals surface area contributed by atoms with Gasteiger partial charge in [0.1, 0.15) is 12.4 Å². The molecule has 2 heterocycles. The molecule has 0 saturated carbocycles. The van der Waals surface area contributed by atoms with Crippen molar-refractivity contribution < 1.29 is 9.57 Å². The van der Waals surface area contributed by atoms with Crippen molar-refractivity contribution in [2.24, 2.45) is 0 Å². The number of hydrogen-bond acceptors (Lipinski definition) is 3. The zero-order valence-electron chi connectivity index (χ0n) is 14.8. The highest BCUT2D eigenvalue weighted by atomic mass is 16.7. The van der Waals surface area contributed by atoms with Crippen LogP contribution in [-0.4, -0.2) is 23.8 Å². The molecule has 4 rings (SSSR count). The molecule has 3 nitrogen and oxygen atoms in total. The smallest absolute Gasteiger partial charge is 0.119 e. The Bertz CT molecular complexity index is 641. The number of nitrogens with zero attached hydrogens (tertiary/aromatic N) is 1. The maximum atomic E-state index is 6.11. The maximum Gasteiger partial charge on any atom is 0.119 e. The molecular weight excluding hydrogens is 310 g/mol. The van der Waals surface area contributed by atoms with Crippen LogP contribution in [0.25, 0.3) is 0 Å². The van der Waals surface area contributed by atoms with E-state index in [4.69, 9.17) is 9.57 Å². The standard InChI is InChI=1S/C22H27NO2/c1-2-6-19(7-3-1)17-24-21-12-9-18(10-13-21)11-14-22-16-20-8-4-5-15-23(20)25-22/h1-3,6-7,9-10,12-13,20,22H,4-5,8,11,14-17H2/t20-,22-/m0/s1. The van der Waals surface area contributed by atoms with Crippen molar-refractivity contribution in [3.63, 3.8) is 0 Å². The third-order valence-electron chi connectivity index (χ3n) is 5.32. The van der Waals surface area contributed by atoms with Crippen molar-refractivity contribution in [1.82, 2.24) is 5.06 Å². The Morgan fingerprint density at radius 2 is 1.80 bits per heavy atom. The minimum atomic E-state index is 0.400. The van der Waals surface area contributed by atoms with Crippen LogP contribution in [0.3, 0.4) is 0 Å². The SMILES string of the molecule is c1ccc(COc2ccc(CC[C@H]3C[C@@H]4CCCCN4O3)cc2)cc1. The zero-order valence-corrected chi connectivity index (χ0v) is 14.8. The van der Waals surface area contributed by atoms with Crippen LogP contribution >= 0.6 is 0 Å². The summed E-state index contributed by atoms with van der Waals surface area (Å²) in [5.74, 6) is 0.932. The van der Waals surface area contributed by atoms with E-state index in [0.29, 0.717) is 18.8 Å². The van der Waals surface area contributed by atoms with Gasteiger partial charge in [0.2, 0.25) is 0 Å². The first-order valence-electron chi connectivity index (χ1n) is 9.56. The van der Waals surface area contributed by atoms with Crippen molar-refractivity contribution in [2.75, 3.05) is 6.54 Å². The lowest BCUT2D eigenvalue weighted by Gasteiger charge is -2.26. The third-order valence-corrected chi connectivity index (χ3v) is 5.32. The number of aryl methyl sites for hydroxylation is 1. The van der Waals surface area contributed by atoms with E-state index in [1.807, 2.05) is 18.2 Å². The fourth-order valence-electron chi connectivity index (χ4n) is 3.88. The highest BCUT2D eigenvalue weighted by Crippen LogP contribution is 2.31. The molecule has 0 N–H and O–H groups in total. The molecule has 0 bridgehead atoms. The molecule has 2 aromatic carbocycles. The van der Waals surface area contributed by atoms with Crippen LogP contribution in [-0.2, 0) is 17.9 Å². The first kappa shape index (κ1) is 16.6. The summed E-state index contributed by atoms with van der Waals surface area (Å²) < 4.78 is 5.86. The molecule has 3 heteroatoms. The molecule has 0 aromatic heterocycles. The topological polar surface area (TPSA) is 21.7 Å². The number of ether oxygens (including phenoxy) is 1. The Labute approximate surface area is 150 Å². The summed E-state index contributed by atoms with van der Waals surface area (Å²) in [5.41, 5.74) is 2.56. The second kappa shape index (κ2) is 8.03. The monoisotopic (exact) mass is 337 g/mol. The minimum absolute atomic E-state index is 0.400. The highest BCUT2D eigenvalue weighted by Gasteiger charge is 2.34. The predicted octanol–water partition coefficient (Wildman–Crippen LogP) is 4.76. The van der Waals surface area contributed by atoms with E-state index in [0.717, 1.165) is 25.1 Å². The van der Waals surface area contributed by atoms with Gasteiger partial charge < -0.3 is 4.74 Å². The summed E-state index contributed by atoms with van der Waals surface area (Å²) in [6, 6.07) is 19.5. The zero-order chi connectivity index (χ0) is 16.9. The van der Waals surface area contributed by atoms with Gasteiger partial charge in [-0.3, -0.25) is 4.84 Å². The molecule has 2 aliphatic rings. The lowest BCUT2D eigenvalue weighted by molar-refractivity contribution is -0.172. The lowest BCUT2D eigenvalue weighted by atomic mass is 9.97. The van der Waals surface area contributed by atoms with E-state index in [9.17, 15) is 0 Å². The molecule has 2 saturated heterocycles. The Hall–Kier alpha value is -1.84. The fraction of sp³-hybridized carbons (Fsp3) is 0.455. The van der Waals surface area contributed by atoms with Gasteiger partial charge in [0.15, 0.2) is 0 Å². The fourth-order valence-corrected chi connectivity index (χ4v) is 3.88. The molecule has 25 heavy (non-hydrogen) atoms. The van der Waals surface area contributed by atoms with E-state index in [1.165, 1.54) is 36.8 Å². The van der Waals surface area contributed by atoms with Crippen LogP contribution in [0.1, 0.15) is 43.2 Å². The van der Waals surface area contributed by atoms with Crippen LogP contribution in [0.5, 0.6) is 5.75 Å². The summed E-state index contributed by atoms with van der Waals surface area (Å²) in [5, 5.41) is 2.24. The van der Waals surface area contributed by atoms with E-state index in [-0.39, 0.29) is 0 Å². The lowest BCUT2D eigenvalue weighted by Crippen LogP contribution is -2.32. The molecule has 2 atom stereocenters. The quantitative estimate of drug-likeness (QED) is 0.759. The Kier molecular flexibility index (Phi) is 5.34. The Morgan fingerprint density at radius 3 is 2.60 bits per heavy atom. The molecule has 0 amide bonds. The molecule has 0 radical (unpaired) electrons. The summed E-state index contributed by atoms with van der Waals surface area (Å²) in [6.07, 6.45) is 7.75. The van der Waals surface area contributed by atoms with Crippen molar-refractivity contribution in [2.45, 2.75) is 57.3 Å². The third kappa shape index (κ3) is 4.42. The molecule has 0 unspecified atom stereocenters. The van der Waals surface area contributed by atoms with Gasteiger partial charge in [-0.05, 0) is 55.4 Å². The van der Waals surface area contributed by atoms with E-state index >= 15 is 0 Å². The summed E-state index contributed by atoms with van der Waals surface area (Å²) in [7, 11) is 0. The normalized spacial score (nSPS) is 23.4. The molecule has 2 aromatic rings. The summed E-state index contributed by atoms with van der Waals surface area (Å²) in [4.78, 5) is 6.11. The van der Waals surface area contributed by atoms with Crippen LogP contribution in [0.4, 0.5) is 0 Å². The van der Waals surface area contributed by atoms with Gasteiger partial charge in [-0.25, -0.2) is 0 Å². The number of rotatable bonds is 6. The first-order valence-corrected chi connectivity index (χ1v) is 9.56. The van der Waals surface area contributed by atoms with E-state index < -0.39 is 0 Å². The number of benzene rings is 2. The number of piperidine rings is 1. The molecule has 2 aliphatic heterocycles. The van der Waals surface area contributed by atoms with Gasteiger partial charge in [-0.2, -0.15) is 5.06 Å².